The average molecular weight is 446 g/mol. The van der Waals surface area contributed by atoms with Gasteiger partial charge in [0.25, 0.3) is 11.8 Å². The molecule has 3 aromatic rings. The second kappa shape index (κ2) is 11.8. The van der Waals surface area contributed by atoms with Crippen LogP contribution in [0.25, 0.3) is 0 Å². The molecule has 0 unspecified atom stereocenters. The zero-order valence-corrected chi connectivity index (χ0v) is 19.5. The van der Waals surface area contributed by atoms with Crippen molar-refractivity contribution in [2.75, 3.05) is 38.1 Å². The molecule has 0 saturated carbocycles. The normalized spacial score (nSPS) is 10.7. The zero-order chi connectivity index (χ0) is 23.6. The van der Waals surface area contributed by atoms with Gasteiger partial charge in [-0.05, 0) is 73.8 Å². The molecule has 3 aromatic carbocycles. The van der Waals surface area contributed by atoms with E-state index in [0.29, 0.717) is 29.1 Å². The van der Waals surface area contributed by atoms with Crippen LogP contribution >= 0.6 is 0 Å². The molecular formula is C27H31N3O3. The van der Waals surface area contributed by atoms with Gasteiger partial charge in [-0.25, -0.2) is 0 Å². The van der Waals surface area contributed by atoms with E-state index in [-0.39, 0.29) is 11.8 Å². The van der Waals surface area contributed by atoms with Crippen molar-refractivity contribution in [3.05, 3.63) is 90.0 Å². The second-order valence-corrected chi connectivity index (χ2v) is 7.63. The Hall–Kier alpha value is -3.64. The highest BCUT2D eigenvalue weighted by Crippen LogP contribution is 2.22. The lowest BCUT2D eigenvalue weighted by atomic mass is 10.1. The molecule has 0 aliphatic rings. The molecule has 0 aliphatic carbocycles. The summed E-state index contributed by atoms with van der Waals surface area (Å²) in [5.41, 5.74) is 1.84. The first-order chi connectivity index (χ1) is 16.0. The Bertz CT molecular complexity index is 1030. The maximum Gasteiger partial charge on any atom is 0.258 e. The molecular weight excluding hydrogens is 414 g/mol. The van der Waals surface area contributed by atoms with Gasteiger partial charge in [-0.15, -0.1) is 0 Å². The number of rotatable bonds is 10. The van der Waals surface area contributed by atoms with Crippen LogP contribution in [0.3, 0.4) is 0 Å². The Morgan fingerprint density at radius 3 is 1.97 bits per heavy atom. The standard InChI is InChI=1S/C27H31N3O3/c1-4-30(5-2)20-19-28-26(31)21-11-15-23(16-12-21)29(3)27(32)22-13-17-25(18-14-22)33-24-9-7-6-8-10-24/h6-18H,4-5,19-20H2,1-3H3,(H,28,31). The van der Waals surface area contributed by atoms with Gasteiger partial charge in [0.15, 0.2) is 0 Å². The van der Waals surface area contributed by atoms with Crippen molar-refractivity contribution in [3.8, 4) is 11.5 Å². The summed E-state index contributed by atoms with van der Waals surface area (Å²) in [4.78, 5) is 29.1. The van der Waals surface area contributed by atoms with Crippen LogP contribution in [0.1, 0.15) is 34.6 Å². The highest BCUT2D eigenvalue weighted by atomic mass is 16.5. The van der Waals surface area contributed by atoms with Crippen LogP contribution in [0, 0.1) is 0 Å². The molecule has 0 heterocycles. The molecule has 0 aromatic heterocycles. The number of hydrogen-bond acceptors (Lipinski definition) is 4. The van der Waals surface area contributed by atoms with E-state index in [0.717, 1.165) is 25.4 Å². The predicted molar refractivity (Wildman–Crippen MR) is 132 cm³/mol. The van der Waals surface area contributed by atoms with E-state index in [4.69, 9.17) is 4.74 Å². The molecule has 1 N–H and O–H groups in total. The average Bonchev–Trinajstić information content (AvgIpc) is 2.87. The number of benzene rings is 3. The minimum atomic E-state index is -0.141. The highest BCUT2D eigenvalue weighted by molar-refractivity contribution is 6.06. The Morgan fingerprint density at radius 2 is 1.36 bits per heavy atom. The fourth-order valence-corrected chi connectivity index (χ4v) is 3.41. The number of nitrogens with one attached hydrogen (secondary N) is 1. The minimum Gasteiger partial charge on any atom is -0.457 e. The van der Waals surface area contributed by atoms with E-state index in [1.807, 2.05) is 30.3 Å². The maximum atomic E-state index is 12.9. The fourth-order valence-electron chi connectivity index (χ4n) is 3.41. The third-order valence-electron chi connectivity index (χ3n) is 5.51. The number of hydrogen-bond donors (Lipinski definition) is 1. The number of carbonyl (C=O) groups is 2. The lowest BCUT2D eigenvalue weighted by molar-refractivity contribution is 0.0948. The zero-order valence-electron chi connectivity index (χ0n) is 19.5. The van der Waals surface area contributed by atoms with Gasteiger partial charge in [0, 0.05) is 37.0 Å². The molecule has 0 radical (unpaired) electrons. The van der Waals surface area contributed by atoms with Crippen LogP contribution in [0.2, 0.25) is 0 Å². The van der Waals surface area contributed by atoms with Gasteiger partial charge in [-0.2, -0.15) is 0 Å². The van der Waals surface area contributed by atoms with Crippen molar-refractivity contribution in [2.45, 2.75) is 13.8 Å². The molecule has 0 aliphatic heterocycles. The molecule has 33 heavy (non-hydrogen) atoms. The van der Waals surface area contributed by atoms with E-state index in [1.54, 1.807) is 60.5 Å². The first kappa shape index (κ1) is 24.0. The lowest BCUT2D eigenvalue weighted by Crippen LogP contribution is -2.34. The number of likely N-dealkylation sites (N-methyl/N-ethyl adjacent to an activating group) is 1. The molecule has 0 spiro atoms. The number of nitrogens with zero attached hydrogens (tertiary/aromatic N) is 2. The van der Waals surface area contributed by atoms with E-state index in [2.05, 4.69) is 24.1 Å². The molecule has 0 fully saturated rings. The summed E-state index contributed by atoms with van der Waals surface area (Å²) >= 11 is 0. The summed E-state index contributed by atoms with van der Waals surface area (Å²) in [6, 6.07) is 23.6. The number of anilines is 1. The smallest absolute Gasteiger partial charge is 0.258 e. The summed E-state index contributed by atoms with van der Waals surface area (Å²) in [5.74, 6) is 1.15. The van der Waals surface area contributed by atoms with E-state index >= 15 is 0 Å². The van der Waals surface area contributed by atoms with Crippen molar-refractivity contribution >= 4 is 17.5 Å². The Labute approximate surface area is 195 Å². The topological polar surface area (TPSA) is 61.9 Å². The summed E-state index contributed by atoms with van der Waals surface area (Å²) in [6.07, 6.45) is 0. The van der Waals surface area contributed by atoms with Gasteiger partial charge in [-0.1, -0.05) is 32.0 Å². The molecule has 0 atom stereocenters. The van der Waals surface area contributed by atoms with Crippen LogP contribution < -0.4 is 15.0 Å². The van der Waals surface area contributed by atoms with Gasteiger partial charge >= 0.3 is 0 Å². The first-order valence-electron chi connectivity index (χ1n) is 11.2. The van der Waals surface area contributed by atoms with Crippen LogP contribution in [-0.2, 0) is 0 Å². The van der Waals surface area contributed by atoms with Crippen molar-refractivity contribution in [2.24, 2.45) is 0 Å². The Balaban J connectivity index is 1.57. The van der Waals surface area contributed by atoms with Crippen molar-refractivity contribution in [1.82, 2.24) is 10.2 Å². The molecule has 0 saturated heterocycles. The first-order valence-corrected chi connectivity index (χ1v) is 11.2. The maximum absolute atomic E-state index is 12.9. The minimum absolute atomic E-state index is 0.114. The number of ether oxygens (including phenoxy) is 1. The molecule has 6 nitrogen and oxygen atoms in total. The summed E-state index contributed by atoms with van der Waals surface area (Å²) < 4.78 is 5.78. The van der Waals surface area contributed by atoms with Crippen LogP contribution in [-0.4, -0.2) is 49.9 Å². The molecule has 0 bridgehead atoms. The van der Waals surface area contributed by atoms with Gasteiger partial charge < -0.3 is 19.9 Å². The van der Waals surface area contributed by atoms with Gasteiger partial charge in [0.2, 0.25) is 0 Å². The molecule has 172 valence electrons. The third-order valence-corrected chi connectivity index (χ3v) is 5.51. The van der Waals surface area contributed by atoms with Gasteiger partial charge in [0.05, 0.1) is 0 Å². The van der Waals surface area contributed by atoms with Crippen molar-refractivity contribution in [3.63, 3.8) is 0 Å². The quantitative estimate of drug-likeness (QED) is 0.486. The largest absolute Gasteiger partial charge is 0.457 e. The monoisotopic (exact) mass is 445 g/mol. The molecule has 2 amide bonds. The van der Waals surface area contributed by atoms with Crippen LogP contribution in [0.15, 0.2) is 78.9 Å². The predicted octanol–water partition coefficient (Wildman–Crippen LogP) is 4.83. The van der Waals surface area contributed by atoms with Crippen molar-refractivity contribution < 1.29 is 14.3 Å². The van der Waals surface area contributed by atoms with Crippen molar-refractivity contribution in [1.29, 1.82) is 0 Å². The second-order valence-electron chi connectivity index (χ2n) is 7.63. The number of carbonyl (C=O) groups excluding carboxylic acids is 2. The number of para-hydroxylation sites is 1. The Morgan fingerprint density at radius 1 is 0.788 bits per heavy atom. The van der Waals surface area contributed by atoms with Crippen LogP contribution in [0.5, 0.6) is 11.5 Å². The SMILES string of the molecule is CCN(CC)CCNC(=O)c1ccc(N(C)C(=O)c2ccc(Oc3ccccc3)cc2)cc1. The summed E-state index contributed by atoms with van der Waals surface area (Å²) in [6.45, 7) is 7.56. The van der Waals surface area contributed by atoms with Crippen LogP contribution in [0.4, 0.5) is 5.69 Å². The molecule has 6 heteroatoms. The summed E-state index contributed by atoms with van der Waals surface area (Å²) in [7, 11) is 1.72. The highest BCUT2D eigenvalue weighted by Gasteiger charge is 2.15. The van der Waals surface area contributed by atoms with Gasteiger partial charge in [0.1, 0.15) is 11.5 Å². The Kier molecular flexibility index (Phi) is 8.61. The lowest BCUT2D eigenvalue weighted by Gasteiger charge is -2.19. The van der Waals surface area contributed by atoms with E-state index in [1.165, 1.54) is 0 Å². The van der Waals surface area contributed by atoms with Gasteiger partial charge in [-0.3, -0.25) is 9.59 Å². The van der Waals surface area contributed by atoms with E-state index in [9.17, 15) is 9.59 Å². The fraction of sp³-hybridized carbons (Fsp3) is 0.259. The third kappa shape index (κ3) is 6.67. The number of amides is 2. The molecule has 3 rings (SSSR count). The summed E-state index contributed by atoms with van der Waals surface area (Å²) in [5, 5.41) is 2.94. The van der Waals surface area contributed by atoms with E-state index < -0.39 is 0 Å².